The van der Waals surface area contributed by atoms with Gasteiger partial charge in [-0.05, 0) is 43.7 Å². The summed E-state index contributed by atoms with van der Waals surface area (Å²) < 4.78 is 14.5. The van der Waals surface area contributed by atoms with Crippen molar-refractivity contribution in [3.8, 4) is 11.4 Å². The van der Waals surface area contributed by atoms with E-state index in [2.05, 4.69) is 15.5 Å². The van der Waals surface area contributed by atoms with Crippen LogP contribution in [-0.4, -0.2) is 31.2 Å². The topological polar surface area (TPSA) is 104 Å². The van der Waals surface area contributed by atoms with Gasteiger partial charge in [0, 0.05) is 19.2 Å². The van der Waals surface area contributed by atoms with Crippen LogP contribution in [0, 0.1) is 13.8 Å². The summed E-state index contributed by atoms with van der Waals surface area (Å²) in [5.41, 5.74) is 2.50. The van der Waals surface area contributed by atoms with Gasteiger partial charge in [-0.1, -0.05) is 42.1 Å². The van der Waals surface area contributed by atoms with Gasteiger partial charge in [0.25, 0.3) is 16.7 Å². The number of thioether (sulfide) groups is 1. The predicted molar refractivity (Wildman–Crippen MR) is 130 cm³/mol. The Labute approximate surface area is 200 Å². The molecule has 2 heterocycles. The molecule has 0 aliphatic rings. The highest BCUT2D eigenvalue weighted by atomic mass is 32.2. The van der Waals surface area contributed by atoms with Gasteiger partial charge >= 0.3 is 0 Å². The zero-order chi connectivity index (χ0) is 24.1. The number of nitrogens with zero attached hydrogens (tertiary/aromatic N) is 4. The number of anilines is 1. The van der Waals surface area contributed by atoms with Crippen LogP contribution in [0.3, 0.4) is 0 Å². The Balaban J connectivity index is 1.29. The lowest BCUT2D eigenvalue weighted by Gasteiger charge is -2.07. The van der Waals surface area contributed by atoms with Crippen molar-refractivity contribution < 1.29 is 13.9 Å². The fourth-order valence-corrected chi connectivity index (χ4v) is 4.07. The molecular weight excluding hydrogens is 454 g/mol. The van der Waals surface area contributed by atoms with Gasteiger partial charge in [-0.25, -0.2) is 4.68 Å². The van der Waals surface area contributed by atoms with Gasteiger partial charge in [-0.3, -0.25) is 14.3 Å². The molecule has 0 bridgehead atoms. The number of rotatable bonds is 9. The van der Waals surface area contributed by atoms with Crippen molar-refractivity contribution in [2.45, 2.75) is 32.1 Å². The van der Waals surface area contributed by atoms with Crippen LogP contribution in [0.25, 0.3) is 5.69 Å². The number of ether oxygens (including phenoxy) is 1. The number of benzene rings is 2. The maximum atomic E-state index is 12.9. The molecule has 9 nitrogen and oxygen atoms in total. The molecule has 0 saturated carbocycles. The zero-order valence-electron chi connectivity index (χ0n) is 19.1. The highest BCUT2D eigenvalue weighted by Gasteiger charge is 2.18. The van der Waals surface area contributed by atoms with Crippen LogP contribution in [-0.2, 0) is 18.4 Å². The molecule has 2 aromatic heterocycles. The van der Waals surface area contributed by atoms with Crippen LogP contribution < -0.4 is 15.6 Å². The van der Waals surface area contributed by atoms with Gasteiger partial charge in [0.1, 0.15) is 11.4 Å². The molecule has 0 radical (unpaired) electrons. The van der Waals surface area contributed by atoms with Crippen molar-refractivity contribution in [3.05, 3.63) is 82.1 Å². The smallest absolute Gasteiger partial charge is 0.295 e. The molecule has 2 aromatic carbocycles. The fourth-order valence-electron chi connectivity index (χ4n) is 3.35. The second kappa shape index (κ2) is 10.4. The van der Waals surface area contributed by atoms with E-state index >= 15 is 0 Å². The number of hydrogen-bond donors (Lipinski definition) is 1. The van der Waals surface area contributed by atoms with Gasteiger partial charge in [0.2, 0.25) is 5.91 Å². The van der Waals surface area contributed by atoms with E-state index < -0.39 is 0 Å². The fraction of sp³-hybridized carbons (Fsp3) is 0.250. The summed E-state index contributed by atoms with van der Waals surface area (Å²) in [5, 5.41) is 11.1. The highest BCUT2D eigenvalue weighted by molar-refractivity contribution is 7.99. The summed E-state index contributed by atoms with van der Waals surface area (Å²) in [6, 6.07) is 17.0. The summed E-state index contributed by atoms with van der Waals surface area (Å²) in [6.07, 6.45) is 0.182. The van der Waals surface area contributed by atoms with Crippen molar-refractivity contribution in [1.82, 2.24) is 19.6 Å². The minimum absolute atomic E-state index is 0.165. The molecule has 0 saturated heterocycles. The van der Waals surface area contributed by atoms with Crippen LogP contribution in [0.5, 0.6) is 5.75 Å². The molecule has 0 unspecified atom stereocenters. The van der Waals surface area contributed by atoms with Crippen molar-refractivity contribution in [3.63, 3.8) is 0 Å². The van der Waals surface area contributed by atoms with Crippen LogP contribution in [0.1, 0.15) is 23.6 Å². The van der Waals surface area contributed by atoms with Gasteiger partial charge in [-0.15, -0.1) is 10.2 Å². The Morgan fingerprint density at radius 3 is 2.68 bits per heavy atom. The molecule has 0 aliphatic heterocycles. The number of amides is 1. The van der Waals surface area contributed by atoms with Gasteiger partial charge in [-0.2, -0.15) is 0 Å². The summed E-state index contributed by atoms with van der Waals surface area (Å²) in [5.74, 6) is 1.24. The lowest BCUT2D eigenvalue weighted by molar-refractivity contribution is -0.115. The van der Waals surface area contributed by atoms with E-state index in [0.717, 1.165) is 17.0 Å². The Kier molecular flexibility index (Phi) is 7.17. The molecule has 34 heavy (non-hydrogen) atoms. The highest BCUT2D eigenvalue weighted by Crippen LogP contribution is 2.20. The van der Waals surface area contributed by atoms with Gasteiger partial charge < -0.3 is 14.5 Å². The molecule has 0 fully saturated rings. The van der Waals surface area contributed by atoms with Crippen LogP contribution in [0.15, 0.2) is 69.0 Å². The normalized spacial score (nSPS) is 10.9. The molecule has 0 aliphatic carbocycles. The SMILES string of the molecule is Cc1cccc(OCc2nnc(SCCC(=O)Nc3c(C)n(C)n(-c4ccccc4)c3=O)o2)c1. The minimum atomic E-state index is -0.276. The van der Waals surface area contributed by atoms with E-state index in [1.54, 1.807) is 18.7 Å². The average molecular weight is 480 g/mol. The van der Waals surface area contributed by atoms with Crippen molar-refractivity contribution in [2.75, 3.05) is 11.1 Å². The molecule has 4 rings (SSSR count). The maximum Gasteiger partial charge on any atom is 0.295 e. The molecule has 4 aromatic rings. The number of aryl methyl sites for hydroxylation is 1. The first-order valence-electron chi connectivity index (χ1n) is 10.7. The zero-order valence-corrected chi connectivity index (χ0v) is 20.0. The second-order valence-corrected chi connectivity index (χ2v) is 8.70. The number of hydrogen-bond acceptors (Lipinski definition) is 7. The summed E-state index contributed by atoms with van der Waals surface area (Å²) in [4.78, 5) is 25.4. The first-order chi connectivity index (χ1) is 16.4. The Bertz CT molecular complexity index is 1340. The Morgan fingerprint density at radius 1 is 1.12 bits per heavy atom. The largest absolute Gasteiger partial charge is 0.484 e. The summed E-state index contributed by atoms with van der Waals surface area (Å²) in [6.45, 7) is 3.95. The lowest BCUT2D eigenvalue weighted by Crippen LogP contribution is -2.23. The Morgan fingerprint density at radius 2 is 1.91 bits per heavy atom. The first kappa shape index (κ1) is 23.4. The number of para-hydroxylation sites is 1. The van der Waals surface area contributed by atoms with E-state index in [4.69, 9.17) is 9.15 Å². The third-order valence-electron chi connectivity index (χ3n) is 5.17. The standard InChI is InChI=1S/C24H25N5O4S/c1-16-8-7-11-19(14-16)32-15-21-26-27-24(33-21)34-13-12-20(30)25-22-17(2)28(3)29(23(22)31)18-9-5-4-6-10-18/h4-11,14H,12-13,15H2,1-3H3,(H,25,30). The van der Waals surface area contributed by atoms with E-state index in [1.165, 1.54) is 16.4 Å². The number of nitrogens with one attached hydrogen (secondary N) is 1. The molecule has 1 amide bonds. The van der Waals surface area contributed by atoms with Crippen molar-refractivity contribution in [2.24, 2.45) is 7.05 Å². The number of aromatic nitrogens is 4. The van der Waals surface area contributed by atoms with E-state index in [1.807, 2.05) is 61.5 Å². The molecule has 1 N–H and O–H groups in total. The molecular formula is C24H25N5O4S. The van der Waals surface area contributed by atoms with Crippen LogP contribution in [0.4, 0.5) is 5.69 Å². The van der Waals surface area contributed by atoms with E-state index in [9.17, 15) is 9.59 Å². The lowest BCUT2D eigenvalue weighted by atomic mass is 10.2. The molecule has 0 atom stereocenters. The predicted octanol–water partition coefficient (Wildman–Crippen LogP) is 3.88. The quantitative estimate of drug-likeness (QED) is 0.363. The first-order valence-corrected chi connectivity index (χ1v) is 11.7. The minimum Gasteiger partial charge on any atom is -0.484 e. The third-order valence-corrected chi connectivity index (χ3v) is 5.99. The Hall–Kier alpha value is -3.79. The summed E-state index contributed by atoms with van der Waals surface area (Å²) >= 11 is 1.27. The second-order valence-electron chi connectivity index (χ2n) is 7.65. The third kappa shape index (κ3) is 5.40. The van der Waals surface area contributed by atoms with Crippen LogP contribution >= 0.6 is 11.8 Å². The van der Waals surface area contributed by atoms with Crippen molar-refractivity contribution in [1.29, 1.82) is 0 Å². The maximum absolute atomic E-state index is 12.9. The van der Waals surface area contributed by atoms with Crippen LogP contribution in [0.2, 0.25) is 0 Å². The average Bonchev–Trinajstić information content (AvgIpc) is 3.36. The molecule has 0 spiro atoms. The number of carbonyl (C=O) groups is 1. The van der Waals surface area contributed by atoms with Gasteiger partial charge in [0.15, 0.2) is 6.61 Å². The van der Waals surface area contributed by atoms with E-state index in [-0.39, 0.29) is 30.2 Å². The molecule has 10 heteroatoms. The van der Waals surface area contributed by atoms with E-state index in [0.29, 0.717) is 22.6 Å². The monoisotopic (exact) mass is 479 g/mol. The number of carbonyl (C=O) groups excluding carboxylic acids is 1. The van der Waals surface area contributed by atoms with Crippen molar-refractivity contribution >= 4 is 23.4 Å². The molecule has 176 valence electrons. The van der Waals surface area contributed by atoms with Gasteiger partial charge in [0.05, 0.1) is 11.4 Å². The summed E-state index contributed by atoms with van der Waals surface area (Å²) in [7, 11) is 1.78.